The van der Waals surface area contributed by atoms with Crippen molar-refractivity contribution in [1.82, 2.24) is 20.2 Å². The molecule has 3 rings (SSSR count). The molecule has 1 N–H and O–H groups in total. The number of morpholine rings is 1. The van der Waals surface area contributed by atoms with Crippen molar-refractivity contribution in [3.05, 3.63) is 0 Å². The Morgan fingerprint density at radius 3 is 2.46 bits per heavy atom. The molecule has 0 aromatic rings. The van der Waals surface area contributed by atoms with Crippen molar-refractivity contribution in [2.24, 2.45) is 0 Å². The molecule has 0 radical (unpaired) electrons. The van der Waals surface area contributed by atoms with Crippen LogP contribution in [0, 0.1) is 0 Å². The highest BCUT2D eigenvalue weighted by atomic mass is 16.7. The van der Waals surface area contributed by atoms with E-state index in [9.17, 15) is 0 Å². The second kappa shape index (κ2) is 10.7. The number of piperidine rings is 1. The van der Waals surface area contributed by atoms with Crippen molar-refractivity contribution in [1.29, 1.82) is 0 Å². The fourth-order valence-electron chi connectivity index (χ4n) is 3.55. The van der Waals surface area contributed by atoms with Crippen LogP contribution in [0.2, 0.25) is 0 Å². The molecule has 0 aromatic carbocycles. The lowest BCUT2D eigenvalue weighted by Gasteiger charge is -2.36. The van der Waals surface area contributed by atoms with Crippen molar-refractivity contribution < 1.29 is 14.3 Å². The maximum absolute atomic E-state index is 6.14. The van der Waals surface area contributed by atoms with Gasteiger partial charge in [0.05, 0.1) is 26.4 Å². The number of hydroxylamine groups is 2. The molecule has 1 unspecified atom stereocenters. The van der Waals surface area contributed by atoms with Crippen LogP contribution in [-0.2, 0) is 14.3 Å². The third-order valence-corrected chi connectivity index (χ3v) is 5.10. The Labute approximate surface area is 146 Å². The van der Waals surface area contributed by atoms with Gasteiger partial charge in [0.25, 0.3) is 0 Å². The lowest BCUT2D eigenvalue weighted by Crippen LogP contribution is -2.47. The molecule has 0 aromatic heterocycles. The summed E-state index contributed by atoms with van der Waals surface area (Å²) in [5, 5.41) is 5.48. The Hall–Kier alpha value is -0.280. The number of ether oxygens (including phenoxy) is 2. The number of rotatable bonds is 8. The highest BCUT2D eigenvalue weighted by Crippen LogP contribution is 2.18. The highest BCUT2D eigenvalue weighted by Gasteiger charge is 2.24. The fraction of sp³-hybridized carbons (Fsp3) is 1.00. The first-order chi connectivity index (χ1) is 11.9. The van der Waals surface area contributed by atoms with Gasteiger partial charge in [-0.2, -0.15) is 5.06 Å². The van der Waals surface area contributed by atoms with Crippen LogP contribution in [0.25, 0.3) is 0 Å². The summed E-state index contributed by atoms with van der Waals surface area (Å²) >= 11 is 0. The van der Waals surface area contributed by atoms with E-state index < -0.39 is 0 Å². The summed E-state index contributed by atoms with van der Waals surface area (Å²) in [4.78, 5) is 10.9. The summed E-state index contributed by atoms with van der Waals surface area (Å²) in [6.45, 7) is 12.7. The van der Waals surface area contributed by atoms with E-state index in [1.165, 1.54) is 12.8 Å². The smallest absolute Gasteiger partial charge is 0.133 e. The molecular formula is C17H34N4O3. The predicted octanol–water partition coefficient (Wildman–Crippen LogP) is -0.0160. The third-order valence-electron chi connectivity index (χ3n) is 5.10. The summed E-state index contributed by atoms with van der Waals surface area (Å²) in [5.74, 6) is 0. The van der Waals surface area contributed by atoms with E-state index in [-0.39, 0.29) is 6.23 Å². The standard InChI is InChI=1S/C17H34N4O3/c1-2-6-21(24-16-12-19-7-4-18-5-8-19)17(3-1)23-15-11-20-9-13-22-14-10-20/h17-18H,1-16H2. The molecule has 7 nitrogen and oxygen atoms in total. The van der Waals surface area contributed by atoms with Crippen molar-refractivity contribution in [2.45, 2.75) is 25.5 Å². The summed E-state index contributed by atoms with van der Waals surface area (Å²) < 4.78 is 11.5. The van der Waals surface area contributed by atoms with Crippen LogP contribution in [0.5, 0.6) is 0 Å². The molecule has 3 heterocycles. The molecule has 3 aliphatic heterocycles. The molecule has 3 aliphatic rings. The molecule has 0 bridgehead atoms. The molecule has 3 fully saturated rings. The maximum atomic E-state index is 6.14. The second-order valence-electron chi connectivity index (χ2n) is 6.84. The molecular weight excluding hydrogens is 308 g/mol. The average molecular weight is 342 g/mol. The third kappa shape index (κ3) is 6.22. The number of hydrogen-bond donors (Lipinski definition) is 1. The molecule has 3 saturated heterocycles. The van der Waals surface area contributed by atoms with E-state index in [2.05, 4.69) is 20.2 Å². The minimum absolute atomic E-state index is 0.128. The van der Waals surface area contributed by atoms with Crippen LogP contribution in [0.4, 0.5) is 0 Å². The Morgan fingerprint density at radius 2 is 1.62 bits per heavy atom. The van der Waals surface area contributed by atoms with Gasteiger partial charge in [-0.05, 0) is 19.3 Å². The normalized spacial score (nSPS) is 28.2. The van der Waals surface area contributed by atoms with Crippen molar-refractivity contribution in [2.75, 3.05) is 85.3 Å². The quantitative estimate of drug-likeness (QED) is 0.665. The predicted molar refractivity (Wildman–Crippen MR) is 92.8 cm³/mol. The Bertz CT molecular complexity index is 304. The second-order valence-corrected chi connectivity index (χ2v) is 6.84. The average Bonchev–Trinajstić information content (AvgIpc) is 2.65. The van der Waals surface area contributed by atoms with Crippen molar-refractivity contribution in [3.63, 3.8) is 0 Å². The molecule has 7 heteroatoms. The first-order valence-electron chi connectivity index (χ1n) is 9.66. The highest BCUT2D eigenvalue weighted by molar-refractivity contribution is 4.68. The van der Waals surface area contributed by atoms with E-state index in [0.29, 0.717) is 0 Å². The van der Waals surface area contributed by atoms with Crippen LogP contribution in [0.3, 0.4) is 0 Å². The first-order valence-corrected chi connectivity index (χ1v) is 9.66. The minimum atomic E-state index is 0.128. The molecule has 0 aliphatic carbocycles. The van der Waals surface area contributed by atoms with Crippen LogP contribution in [-0.4, -0.2) is 106 Å². The number of hydrogen-bond acceptors (Lipinski definition) is 7. The van der Waals surface area contributed by atoms with E-state index in [0.717, 1.165) is 91.8 Å². The maximum Gasteiger partial charge on any atom is 0.133 e. The molecule has 140 valence electrons. The lowest BCUT2D eigenvalue weighted by molar-refractivity contribution is -0.266. The summed E-state index contributed by atoms with van der Waals surface area (Å²) in [6.07, 6.45) is 3.65. The lowest BCUT2D eigenvalue weighted by atomic mass is 10.1. The van der Waals surface area contributed by atoms with Gasteiger partial charge in [0.15, 0.2) is 0 Å². The van der Waals surface area contributed by atoms with Crippen LogP contribution >= 0.6 is 0 Å². The van der Waals surface area contributed by atoms with Gasteiger partial charge in [0, 0.05) is 58.9 Å². The molecule has 0 spiro atoms. The Balaban J connectivity index is 1.31. The van der Waals surface area contributed by atoms with Gasteiger partial charge in [-0.15, -0.1) is 0 Å². The van der Waals surface area contributed by atoms with Crippen molar-refractivity contribution in [3.8, 4) is 0 Å². The number of nitrogens with one attached hydrogen (secondary N) is 1. The number of piperazine rings is 1. The largest absolute Gasteiger partial charge is 0.379 e. The summed E-state index contributed by atoms with van der Waals surface area (Å²) in [7, 11) is 0. The first kappa shape index (κ1) is 18.5. The van der Waals surface area contributed by atoms with E-state index >= 15 is 0 Å². The molecule has 0 saturated carbocycles. The molecule has 0 amide bonds. The van der Waals surface area contributed by atoms with Crippen LogP contribution < -0.4 is 5.32 Å². The van der Waals surface area contributed by atoms with Gasteiger partial charge in [-0.25, -0.2) is 0 Å². The van der Waals surface area contributed by atoms with Gasteiger partial charge in [0.1, 0.15) is 6.23 Å². The number of nitrogens with zero attached hydrogens (tertiary/aromatic N) is 3. The zero-order chi connectivity index (χ0) is 16.5. The van der Waals surface area contributed by atoms with Crippen LogP contribution in [0.1, 0.15) is 19.3 Å². The monoisotopic (exact) mass is 342 g/mol. The van der Waals surface area contributed by atoms with Gasteiger partial charge < -0.3 is 14.8 Å². The summed E-state index contributed by atoms with van der Waals surface area (Å²) in [5.41, 5.74) is 0. The zero-order valence-corrected chi connectivity index (χ0v) is 15.0. The van der Waals surface area contributed by atoms with E-state index in [4.69, 9.17) is 14.3 Å². The summed E-state index contributed by atoms with van der Waals surface area (Å²) in [6, 6.07) is 0. The Morgan fingerprint density at radius 1 is 0.875 bits per heavy atom. The van der Waals surface area contributed by atoms with Gasteiger partial charge >= 0.3 is 0 Å². The topological polar surface area (TPSA) is 49.4 Å². The van der Waals surface area contributed by atoms with Crippen LogP contribution in [0.15, 0.2) is 0 Å². The van der Waals surface area contributed by atoms with Gasteiger partial charge in [-0.3, -0.25) is 14.6 Å². The van der Waals surface area contributed by atoms with Gasteiger partial charge in [0.2, 0.25) is 0 Å². The molecule has 24 heavy (non-hydrogen) atoms. The van der Waals surface area contributed by atoms with E-state index in [1.807, 2.05) is 0 Å². The Kier molecular flexibility index (Phi) is 8.22. The van der Waals surface area contributed by atoms with Crippen molar-refractivity contribution >= 4 is 0 Å². The molecule has 1 atom stereocenters. The zero-order valence-electron chi connectivity index (χ0n) is 15.0. The van der Waals surface area contributed by atoms with E-state index in [1.54, 1.807) is 0 Å². The minimum Gasteiger partial charge on any atom is -0.379 e. The van der Waals surface area contributed by atoms with Gasteiger partial charge in [-0.1, -0.05) is 0 Å². The SMILES string of the molecule is C1CCN(OCCN2CCNCC2)C(OCCN2CCOCC2)C1. The fourth-order valence-corrected chi connectivity index (χ4v) is 3.55.